The number of nitrogens with zero attached hydrogens (tertiary/aromatic N) is 3. The zero-order chi connectivity index (χ0) is 9.26. The molecule has 13 heavy (non-hydrogen) atoms. The molecule has 0 aliphatic heterocycles. The molecule has 1 aromatic carbocycles. The van der Waals surface area contributed by atoms with Crippen molar-refractivity contribution in [3.05, 3.63) is 23.8 Å². The molecule has 1 aromatic heterocycles. The quantitative estimate of drug-likeness (QED) is 0.607. The molecule has 1 heterocycles. The van der Waals surface area contributed by atoms with Gasteiger partial charge in [0.25, 0.3) is 0 Å². The largest absolute Gasteiger partial charge is 0.233 e. The first-order valence-electron chi connectivity index (χ1n) is 4.04. The van der Waals surface area contributed by atoms with Gasteiger partial charge in [0.05, 0.1) is 5.52 Å². The smallest absolute Gasteiger partial charge is 0.113 e. The summed E-state index contributed by atoms with van der Waals surface area (Å²) in [5.74, 6) is 2.54. The van der Waals surface area contributed by atoms with Gasteiger partial charge in [-0.25, -0.2) is 4.68 Å². The summed E-state index contributed by atoms with van der Waals surface area (Å²) in [4.78, 5) is 0. The molecular weight excluding hydrogens is 162 g/mol. The maximum Gasteiger partial charge on any atom is 0.113 e. The lowest BCUT2D eigenvalue weighted by Crippen LogP contribution is -1.97. The SMILES string of the molecule is C#CCn1nnc2cc(C)ccc21. The van der Waals surface area contributed by atoms with Crippen molar-refractivity contribution in [2.75, 3.05) is 0 Å². The van der Waals surface area contributed by atoms with Crippen LogP contribution in [0.25, 0.3) is 11.0 Å². The van der Waals surface area contributed by atoms with E-state index in [0.29, 0.717) is 6.54 Å². The van der Waals surface area contributed by atoms with Gasteiger partial charge >= 0.3 is 0 Å². The van der Waals surface area contributed by atoms with Gasteiger partial charge in [0.2, 0.25) is 0 Å². The molecule has 0 atom stereocenters. The van der Waals surface area contributed by atoms with E-state index in [-0.39, 0.29) is 0 Å². The molecule has 0 saturated carbocycles. The van der Waals surface area contributed by atoms with Gasteiger partial charge in [-0.15, -0.1) is 11.5 Å². The van der Waals surface area contributed by atoms with Gasteiger partial charge in [-0.05, 0) is 24.6 Å². The Kier molecular flexibility index (Phi) is 1.75. The molecular formula is C10H9N3. The average Bonchev–Trinajstić information content (AvgIpc) is 2.49. The normalized spacial score (nSPS) is 10.2. The van der Waals surface area contributed by atoms with Crippen LogP contribution in [-0.4, -0.2) is 15.0 Å². The third kappa shape index (κ3) is 1.27. The highest BCUT2D eigenvalue weighted by Crippen LogP contribution is 2.12. The second-order valence-corrected chi connectivity index (χ2v) is 2.94. The van der Waals surface area contributed by atoms with Crippen molar-refractivity contribution in [2.45, 2.75) is 13.5 Å². The molecule has 0 unspecified atom stereocenters. The van der Waals surface area contributed by atoms with E-state index in [2.05, 4.69) is 16.2 Å². The number of fused-ring (bicyclic) bond motifs is 1. The summed E-state index contributed by atoms with van der Waals surface area (Å²) in [7, 11) is 0. The van der Waals surface area contributed by atoms with Crippen LogP contribution < -0.4 is 0 Å². The zero-order valence-electron chi connectivity index (χ0n) is 7.36. The van der Waals surface area contributed by atoms with Crippen molar-refractivity contribution in [3.8, 4) is 12.3 Å². The molecule has 0 radical (unpaired) electrons. The third-order valence-electron chi connectivity index (χ3n) is 1.91. The third-order valence-corrected chi connectivity index (χ3v) is 1.91. The number of rotatable bonds is 1. The van der Waals surface area contributed by atoms with E-state index >= 15 is 0 Å². The Morgan fingerprint density at radius 1 is 1.54 bits per heavy atom. The molecule has 0 bridgehead atoms. The molecule has 64 valence electrons. The van der Waals surface area contributed by atoms with E-state index in [1.54, 1.807) is 4.68 Å². The molecule has 0 fully saturated rings. The molecule has 0 saturated heterocycles. The van der Waals surface area contributed by atoms with Crippen LogP contribution >= 0.6 is 0 Å². The molecule has 0 spiro atoms. The van der Waals surface area contributed by atoms with Crippen LogP contribution in [0.5, 0.6) is 0 Å². The zero-order valence-corrected chi connectivity index (χ0v) is 7.36. The number of aryl methyl sites for hydroxylation is 1. The molecule has 0 N–H and O–H groups in total. The minimum Gasteiger partial charge on any atom is -0.233 e. The van der Waals surface area contributed by atoms with Gasteiger partial charge in [-0.2, -0.15) is 0 Å². The van der Waals surface area contributed by atoms with Crippen LogP contribution in [0.4, 0.5) is 0 Å². The van der Waals surface area contributed by atoms with Gasteiger partial charge in [0.1, 0.15) is 12.1 Å². The molecule has 0 amide bonds. The highest BCUT2D eigenvalue weighted by molar-refractivity contribution is 5.74. The van der Waals surface area contributed by atoms with Crippen molar-refractivity contribution in [2.24, 2.45) is 0 Å². The van der Waals surface area contributed by atoms with Crippen LogP contribution in [0.15, 0.2) is 18.2 Å². The van der Waals surface area contributed by atoms with Crippen molar-refractivity contribution >= 4 is 11.0 Å². The van der Waals surface area contributed by atoms with Crippen LogP contribution in [0.2, 0.25) is 0 Å². The minimum absolute atomic E-state index is 0.472. The molecule has 3 heteroatoms. The Bertz CT molecular complexity index is 476. The molecule has 2 aromatic rings. The number of hydrogen-bond donors (Lipinski definition) is 0. The Balaban J connectivity index is 2.63. The first kappa shape index (κ1) is 7.81. The topological polar surface area (TPSA) is 30.7 Å². The lowest BCUT2D eigenvalue weighted by molar-refractivity contribution is 0.694. The minimum atomic E-state index is 0.472. The summed E-state index contributed by atoms with van der Waals surface area (Å²) >= 11 is 0. The first-order valence-corrected chi connectivity index (χ1v) is 4.04. The lowest BCUT2D eigenvalue weighted by Gasteiger charge is -1.95. The Labute approximate surface area is 76.4 Å². The van der Waals surface area contributed by atoms with Gasteiger partial charge in [-0.3, -0.25) is 0 Å². The predicted molar refractivity (Wildman–Crippen MR) is 51.1 cm³/mol. The van der Waals surface area contributed by atoms with Crippen molar-refractivity contribution in [1.82, 2.24) is 15.0 Å². The van der Waals surface area contributed by atoms with Crippen LogP contribution in [0.1, 0.15) is 5.56 Å². The number of benzene rings is 1. The highest BCUT2D eigenvalue weighted by atomic mass is 15.4. The fourth-order valence-electron chi connectivity index (χ4n) is 1.29. The first-order chi connectivity index (χ1) is 6.31. The van der Waals surface area contributed by atoms with E-state index in [9.17, 15) is 0 Å². The molecule has 3 nitrogen and oxygen atoms in total. The number of aromatic nitrogens is 3. The van der Waals surface area contributed by atoms with E-state index in [4.69, 9.17) is 6.42 Å². The fraction of sp³-hybridized carbons (Fsp3) is 0.200. The van der Waals surface area contributed by atoms with E-state index in [1.807, 2.05) is 25.1 Å². The molecule has 2 rings (SSSR count). The standard InChI is InChI=1S/C10H9N3/c1-3-6-13-10-5-4-8(2)7-9(10)11-12-13/h1,4-5,7H,6H2,2H3. The van der Waals surface area contributed by atoms with Gasteiger partial charge in [-0.1, -0.05) is 17.2 Å². The Morgan fingerprint density at radius 2 is 2.38 bits per heavy atom. The van der Waals surface area contributed by atoms with E-state index in [0.717, 1.165) is 11.0 Å². The highest BCUT2D eigenvalue weighted by Gasteiger charge is 2.01. The maximum atomic E-state index is 5.20. The van der Waals surface area contributed by atoms with Crippen LogP contribution in [0.3, 0.4) is 0 Å². The van der Waals surface area contributed by atoms with Crippen LogP contribution in [0, 0.1) is 19.3 Å². The molecule has 0 aliphatic rings. The second kappa shape index (κ2) is 2.91. The van der Waals surface area contributed by atoms with E-state index in [1.165, 1.54) is 5.56 Å². The summed E-state index contributed by atoms with van der Waals surface area (Å²) in [6.45, 7) is 2.50. The number of hydrogen-bond acceptors (Lipinski definition) is 2. The van der Waals surface area contributed by atoms with E-state index < -0.39 is 0 Å². The summed E-state index contributed by atoms with van der Waals surface area (Å²) in [5.41, 5.74) is 3.07. The van der Waals surface area contributed by atoms with Gasteiger partial charge in [0, 0.05) is 0 Å². The summed E-state index contributed by atoms with van der Waals surface area (Å²) in [6, 6.07) is 6.01. The van der Waals surface area contributed by atoms with Gasteiger partial charge in [0.15, 0.2) is 0 Å². The Hall–Kier alpha value is -1.82. The maximum absolute atomic E-state index is 5.20. The Morgan fingerprint density at radius 3 is 3.15 bits per heavy atom. The average molecular weight is 171 g/mol. The van der Waals surface area contributed by atoms with Crippen molar-refractivity contribution in [3.63, 3.8) is 0 Å². The van der Waals surface area contributed by atoms with Crippen LogP contribution in [-0.2, 0) is 6.54 Å². The number of terminal acetylenes is 1. The second-order valence-electron chi connectivity index (χ2n) is 2.94. The summed E-state index contributed by atoms with van der Waals surface area (Å²) in [6.07, 6.45) is 5.20. The predicted octanol–water partition coefficient (Wildman–Crippen LogP) is 1.37. The van der Waals surface area contributed by atoms with Gasteiger partial charge < -0.3 is 0 Å². The fourth-order valence-corrected chi connectivity index (χ4v) is 1.29. The van der Waals surface area contributed by atoms with Crippen molar-refractivity contribution in [1.29, 1.82) is 0 Å². The lowest BCUT2D eigenvalue weighted by atomic mass is 10.2. The summed E-state index contributed by atoms with van der Waals surface area (Å²) < 4.78 is 1.72. The van der Waals surface area contributed by atoms with Crippen molar-refractivity contribution < 1.29 is 0 Å². The summed E-state index contributed by atoms with van der Waals surface area (Å²) in [5, 5.41) is 7.97. The molecule has 0 aliphatic carbocycles. The monoisotopic (exact) mass is 171 g/mol.